The van der Waals surface area contributed by atoms with Crippen LogP contribution in [0, 0.1) is 0 Å². The molecule has 0 radical (unpaired) electrons. The van der Waals surface area contributed by atoms with Crippen molar-refractivity contribution in [1.82, 2.24) is 5.32 Å². The largest absolute Gasteiger partial charge is 0.412 e. The lowest BCUT2D eigenvalue weighted by atomic mass is 9.81. The molecule has 0 aliphatic carbocycles. The zero-order valence-corrected chi connectivity index (χ0v) is 12.5. The third kappa shape index (κ3) is 1.69. The topological polar surface area (TPSA) is 46.0 Å². The van der Waals surface area contributed by atoms with E-state index >= 15 is 0 Å². The van der Waals surface area contributed by atoms with Crippen molar-refractivity contribution in [1.29, 1.82) is 0 Å². The van der Waals surface area contributed by atoms with Gasteiger partial charge in [0.25, 0.3) is 0 Å². The summed E-state index contributed by atoms with van der Waals surface area (Å²) >= 11 is 0. The van der Waals surface area contributed by atoms with Gasteiger partial charge in [0, 0.05) is 26.2 Å². The van der Waals surface area contributed by atoms with Gasteiger partial charge in [0.05, 0.1) is 19.0 Å². The maximum Gasteiger partial charge on any atom is 0.412 e. The zero-order chi connectivity index (χ0) is 14.5. The second kappa shape index (κ2) is 4.38. The molecule has 5 heteroatoms. The maximum atomic E-state index is 11.4. The number of fused-ring (bicyclic) bond motifs is 3. The number of amides is 1. The summed E-state index contributed by atoms with van der Waals surface area (Å²) in [5.74, 6) is 0.614. The van der Waals surface area contributed by atoms with Crippen LogP contribution in [-0.2, 0) is 5.41 Å². The molecular formula is C15H22N3O2+. The van der Waals surface area contributed by atoms with Crippen molar-refractivity contribution in [3.05, 3.63) is 23.8 Å². The Balaban J connectivity index is 2.00. The number of nitrogens with zero attached hydrogens (tertiary/aromatic N) is 1. The first-order valence-corrected chi connectivity index (χ1v) is 7.06. The van der Waals surface area contributed by atoms with Crippen LogP contribution in [0.3, 0.4) is 0 Å². The fourth-order valence-electron chi connectivity index (χ4n) is 3.95. The van der Waals surface area contributed by atoms with E-state index in [-0.39, 0.29) is 5.41 Å². The Morgan fingerprint density at radius 3 is 3.00 bits per heavy atom. The molecule has 2 aliphatic rings. The monoisotopic (exact) mass is 276 g/mol. The lowest BCUT2D eigenvalue weighted by Crippen LogP contribution is -3.13. The number of likely N-dealkylation sites (tertiary alicyclic amines) is 1. The van der Waals surface area contributed by atoms with Crippen LogP contribution < -0.4 is 19.9 Å². The van der Waals surface area contributed by atoms with Crippen LogP contribution in [0.2, 0.25) is 0 Å². The van der Waals surface area contributed by atoms with E-state index in [1.807, 2.05) is 12.1 Å². The van der Waals surface area contributed by atoms with E-state index in [4.69, 9.17) is 4.74 Å². The van der Waals surface area contributed by atoms with Gasteiger partial charge in [0.2, 0.25) is 0 Å². The SMILES string of the molecule is CNC(=O)Oc1ccc2c(c1)C1(C)CC[NH+](C)C1N2C. The van der Waals surface area contributed by atoms with Crippen LogP contribution in [0.25, 0.3) is 0 Å². The summed E-state index contributed by atoms with van der Waals surface area (Å²) in [4.78, 5) is 15.3. The molecule has 2 aliphatic heterocycles. The first-order chi connectivity index (χ1) is 9.47. The number of anilines is 1. The van der Waals surface area contributed by atoms with Crippen molar-refractivity contribution in [2.45, 2.75) is 24.9 Å². The number of benzene rings is 1. The van der Waals surface area contributed by atoms with Crippen molar-refractivity contribution >= 4 is 11.8 Å². The minimum Gasteiger partial charge on any atom is -0.410 e. The molecule has 2 heterocycles. The van der Waals surface area contributed by atoms with Gasteiger partial charge in [-0.2, -0.15) is 0 Å². The lowest BCUT2D eigenvalue weighted by molar-refractivity contribution is -0.893. The smallest absolute Gasteiger partial charge is 0.410 e. The highest BCUT2D eigenvalue weighted by atomic mass is 16.5. The second-order valence-electron chi connectivity index (χ2n) is 6.10. The molecule has 3 unspecified atom stereocenters. The van der Waals surface area contributed by atoms with Crippen LogP contribution >= 0.6 is 0 Å². The van der Waals surface area contributed by atoms with Crippen molar-refractivity contribution < 1.29 is 14.4 Å². The Kier molecular flexibility index (Phi) is 2.90. The van der Waals surface area contributed by atoms with Gasteiger partial charge in [0.15, 0.2) is 6.17 Å². The Hall–Kier alpha value is -1.75. The van der Waals surface area contributed by atoms with Gasteiger partial charge in [0.1, 0.15) is 5.75 Å². The molecule has 20 heavy (non-hydrogen) atoms. The second-order valence-corrected chi connectivity index (χ2v) is 6.10. The van der Waals surface area contributed by atoms with Crippen LogP contribution in [0.5, 0.6) is 5.75 Å². The number of ether oxygens (including phenoxy) is 1. The van der Waals surface area contributed by atoms with Crippen LogP contribution in [0.15, 0.2) is 18.2 Å². The average molecular weight is 276 g/mol. The molecule has 1 amide bonds. The van der Waals surface area contributed by atoms with Crippen LogP contribution in [0.1, 0.15) is 18.9 Å². The summed E-state index contributed by atoms with van der Waals surface area (Å²) in [6, 6.07) is 5.95. The van der Waals surface area contributed by atoms with Gasteiger partial charge < -0.3 is 19.9 Å². The van der Waals surface area contributed by atoms with E-state index in [9.17, 15) is 4.79 Å². The quantitative estimate of drug-likeness (QED) is 0.778. The van der Waals surface area contributed by atoms with Gasteiger partial charge in [-0.15, -0.1) is 0 Å². The molecule has 0 bridgehead atoms. The minimum atomic E-state index is -0.424. The molecule has 1 fully saturated rings. The predicted octanol–water partition coefficient (Wildman–Crippen LogP) is 0.357. The summed E-state index contributed by atoms with van der Waals surface area (Å²) < 4.78 is 5.27. The molecule has 1 aromatic rings. The van der Waals surface area contributed by atoms with Crippen molar-refractivity contribution in [2.24, 2.45) is 0 Å². The summed E-state index contributed by atoms with van der Waals surface area (Å²) in [5.41, 5.74) is 2.68. The third-order valence-electron chi connectivity index (χ3n) is 4.87. The average Bonchev–Trinajstić information content (AvgIpc) is 2.85. The molecule has 1 saturated heterocycles. The standard InChI is InChI=1S/C15H21N3O2/c1-15-7-8-17(3)13(15)18(4)12-6-5-10(9-11(12)15)20-14(19)16-2/h5-6,9,13H,7-8H2,1-4H3,(H,16,19)/p+1. The van der Waals surface area contributed by atoms with Crippen molar-refractivity contribution in [2.75, 3.05) is 32.6 Å². The van der Waals surface area contributed by atoms with Gasteiger partial charge in [-0.3, -0.25) is 0 Å². The first-order valence-electron chi connectivity index (χ1n) is 7.06. The first kappa shape index (κ1) is 13.2. The van der Waals surface area contributed by atoms with E-state index < -0.39 is 6.09 Å². The Labute approximate surface area is 119 Å². The van der Waals surface area contributed by atoms with Crippen LogP contribution in [-0.4, -0.2) is 39.9 Å². The van der Waals surface area contributed by atoms with Gasteiger partial charge in [-0.25, -0.2) is 4.79 Å². The molecule has 2 N–H and O–H groups in total. The third-order valence-corrected chi connectivity index (χ3v) is 4.87. The number of rotatable bonds is 1. The normalized spacial score (nSPS) is 30.9. The summed E-state index contributed by atoms with van der Waals surface area (Å²) in [5, 5.41) is 2.48. The minimum absolute atomic E-state index is 0.135. The highest BCUT2D eigenvalue weighted by Crippen LogP contribution is 2.47. The molecule has 108 valence electrons. The molecule has 1 aromatic carbocycles. The number of carbonyl (C=O) groups is 1. The zero-order valence-electron chi connectivity index (χ0n) is 12.5. The summed E-state index contributed by atoms with van der Waals surface area (Å²) in [6.07, 6.45) is 1.20. The fraction of sp³-hybridized carbons (Fsp3) is 0.533. The number of hydrogen-bond donors (Lipinski definition) is 2. The maximum absolute atomic E-state index is 11.4. The fourth-order valence-corrected chi connectivity index (χ4v) is 3.95. The van der Waals surface area contributed by atoms with Crippen molar-refractivity contribution in [3.63, 3.8) is 0 Å². The molecule has 3 rings (SSSR count). The van der Waals surface area contributed by atoms with Crippen LogP contribution in [0.4, 0.5) is 10.5 Å². The molecule has 3 atom stereocenters. The van der Waals surface area contributed by atoms with E-state index in [0.717, 1.165) is 6.42 Å². The number of carbonyl (C=O) groups excluding carboxylic acids is 1. The van der Waals surface area contributed by atoms with Gasteiger partial charge in [-0.05, 0) is 30.7 Å². The van der Waals surface area contributed by atoms with Crippen molar-refractivity contribution in [3.8, 4) is 5.75 Å². The lowest BCUT2D eigenvalue weighted by Gasteiger charge is -2.28. The predicted molar refractivity (Wildman–Crippen MR) is 77.4 cm³/mol. The highest BCUT2D eigenvalue weighted by molar-refractivity contribution is 5.71. The summed E-state index contributed by atoms with van der Waals surface area (Å²) in [7, 11) is 5.97. The molecular weight excluding hydrogens is 254 g/mol. The van der Waals surface area contributed by atoms with E-state index in [1.54, 1.807) is 11.9 Å². The number of nitrogens with one attached hydrogen (secondary N) is 2. The molecule has 0 spiro atoms. The number of hydrogen-bond acceptors (Lipinski definition) is 3. The van der Waals surface area contributed by atoms with Gasteiger partial charge >= 0.3 is 6.09 Å². The number of likely N-dealkylation sites (N-methyl/N-ethyl adjacent to an activating group) is 2. The number of quaternary nitrogens is 1. The van der Waals surface area contributed by atoms with E-state index in [0.29, 0.717) is 11.9 Å². The Bertz CT molecular complexity index is 560. The summed E-state index contributed by atoms with van der Waals surface area (Å²) in [6.45, 7) is 3.49. The molecule has 0 aromatic heterocycles. The molecule has 5 nitrogen and oxygen atoms in total. The Morgan fingerprint density at radius 2 is 2.30 bits per heavy atom. The van der Waals surface area contributed by atoms with E-state index in [1.165, 1.54) is 17.8 Å². The van der Waals surface area contributed by atoms with Gasteiger partial charge in [-0.1, -0.05) is 0 Å². The molecule has 0 saturated carbocycles. The highest BCUT2D eigenvalue weighted by Gasteiger charge is 2.55. The Morgan fingerprint density at radius 1 is 1.55 bits per heavy atom. The van der Waals surface area contributed by atoms with E-state index in [2.05, 4.69) is 37.3 Å².